The van der Waals surface area contributed by atoms with Crippen LogP contribution in [0, 0.1) is 11.8 Å². The minimum atomic E-state index is 0.757. The van der Waals surface area contributed by atoms with E-state index in [0.717, 1.165) is 29.9 Å². The van der Waals surface area contributed by atoms with Crippen molar-refractivity contribution in [3.8, 4) is 5.75 Å². The molecule has 1 aliphatic carbocycles. The maximum atomic E-state index is 5.68. The number of rotatable bonds is 3. The van der Waals surface area contributed by atoms with Gasteiger partial charge in [-0.15, -0.1) is 0 Å². The summed E-state index contributed by atoms with van der Waals surface area (Å²) < 4.78 is 5.68. The molecule has 1 fully saturated rings. The summed E-state index contributed by atoms with van der Waals surface area (Å²) in [5, 5.41) is 0. The van der Waals surface area contributed by atoms with Gasteiger partial charge in [-0.05, 0) is 48.9 Å². The second kappa shape index (κ2) is 3.91. The standard InChI is InChI=1S/C12H17NO/c1-9-2-3-10(9)8-14-12-6-4-11(13)5-7-12/h4-7,9-10H,2-3,8,13H2,1H3/t9-,10+/m1/s1. The minimum absolute atomic E-state index is 0.757. The lowest BCUT2D eigenvalue weighted by molar-refractivity contribution is 0.116. The van der Waals surface area contributed by atoms with Crippen LogP contribution in [-0.4, -0.2) is 6.61 Å². The van der Waals surface area contributed by atoms with E-state index in [1.807, 2.05) is 24.3 Å². The summed E-state index contributed by atoms with van der Waals surface area (Å²) >= 11 is 0. The Hall–Kier alpha value is -1.18. The predicted octanol–water partition coefficient (Wildman–Crippen LogP) is 2.69. The number of hydrogen-bond acceptors (Lipinski definition) is 2. The van der Waals surface area contributed by atoms with Crippen molar-refractivity contribution in [2.45, 2.75) is 19.8 Å². The van der Waals surface area contributed by atoms with Crippen molar-refractivity contribution in [2.24, 2.45) is 11.8 Å². The number of anilines is 1. The Balaban J connectivity index is 1.83. The molecule has 2 atom stereocenters. The zero-order chi connectivity index (χ0) is 9.97. The lowest BCUT2D eigenvalue weighted by Gasteiger charge is -2.33. The Morgan fingerprint density at radius 1 is 1.29 bits per heavy atom. The van der Waals surface area contributed by atoms with Crippen LogP contribution in [0.3, 0.4) is 0 Å². The number of hydrogen-bond donors (Lipinski definition) is 1. The molecule has 0 heterocycles. The van der Waals surface area contributed by atoms with Crippen molar-refractivity contribution in [1.29, 1.82) is 0 Å². The van der Waals surface area contributed by atoms with E-state index in [2.05, 4.69) is 6.92 Å². The first-order chi connectivity index (χ1) is 6.75. The molecule has 0 bridgehead atoms. The topological polar surface area (TPSA) is 35.2 Å². The van der Waals surface area contributed by atoms with Gasteiger partial charge in [0, 0.05) is 5.69 Å². The first-order valence-electron chi connectivity index (χ1n) is 5.24. The Morgan fingerprint density at radius 3 is 2.50 bits per heavy atom. The first kappa shape index (κ1) is 9.38. The van der Waals surface area contributed by atoms with Gasteiger partial charge in [-0.2, -0.15) is 0 Å². The Kier molecular flexibility index (Phi) is 2.62. The lowest BCUT2D eigenvalue weighted by Crippen LogP contribution is -2.28. The smallest absolute Gasteiger partial charge is 0.119 e. The lowest BCUT2D eigenvalue weighted by atomic mass is 9.75. The molecule has 0 saturated heterocycles. The SMILES string of the molecule is C[C@@H]1CC[C@H]1COc1ccc(N)cc1. The average Bonchev–Trinajstić information content (AvgIpc) is 2.19. The van der Waals surface area contributed by atoms with E-state index in [1.54, 1.807) is 0 Å². The number of nitrogen functional groups attached to an aromatic ring is 1. The van der Waals surface area contributed by atoms with Gasteiger partial charge in [0.15, 0.2) is 0 Å². The Labute approximate surface area is 85.1 Å². The monoisotopic (exact) mass is 191 g/mol. The van der Waals surface area contributed by atoms with Crippen molar-refractivity contribution < 1.29 is 4.74 Å². The van der Waals surface area contributed by atoms with E-state index in [0.29, 0.717) is 0 Å². The van der Waals surface area contributed by atoms with Gasteiger partial charge in [0.1, 0.15) is 5.75 Å². The summed E-state index contributed by atoms with van der Waals surface area (Å²) in [5.74, 6) is 2.52. The molecule has 2 N–H and O–H groups in total. The Morgan fingerprint density at radius 2 is 2.00 bits per heavy atom. The van der Waals surface area contributed by atoms with E-state index in [1.165, 1.54) is 12.8 Å². The van der Waals surface area contributed by atoms with E-state index in [9.17, 15) is 0 Å². The second-order valence-corrected chi connectivity index (χ2v) is 4.19. The van der Waals surface area contributed by atoms with Crippen LogP contribution in [0.2, 0.25) is 0 Å². The zero-order valence-electron chi connectivity index (χ0n) is 8.57. The van der Waals surface area contributed by atoms with E-state index < -0.39 is 0 Å². The van der Waals surface area contributed by atoms with Gasteiger partial charge in [0.2, 0.25) is 0 Å². The van der Waals surface area contributed by atoms with Crippen molar-refractivity contribution in [2.75, 3.05) is 12.3 Å². The molecular formula is C12H17NO. The fraction of sp³-hybridized carbons (Fsp3) is 0.500. The molecule has 2 heteroatoms. The predicted molar refractivity (Wildman–Crippen MR) is 58.2 cm³/mol. The van der Waals surface area contributed by atoms with Gasteiger partial charge in [-0.3, -0.25) is 0 Å². The fourth-order valence-corrected chi connectivity index (χ4v) is 1.75. The van der Waals surface area contributed by atoms with Crippen molar-refractivity contribution in [3.05, 3.63) is 24.3 Å². The van der Waals surface area contributed by atoms with Gasteiger partial charge < -0.3 is 10.5 Å². The van der Waals surface area contributed by atoms with Crippen LogP contribution < -0.4 is 10.5 Å². The molecule has 0 amide bonds. The number of benzene rings is 1. The zero-order valence-corrected chi connectivity index (χ0v) is 8.57. The molecule has 2 nitrogen and oxygen atoms in total. The number of ether oxygens (including phenoxy) is 1. The molecule has 1 saturated carbocycles. The quantitative estimate of drug-likeness (QED) is 0.745. The summed E-state index contributed by atoms with van der Waals surface area (Å²) in [6.07, 6.45) is 2.67. The highest BCUT2D eigenvalue weighted by Crippen LogP contribution is 2.33. The van der Waals surface area contributed by atoms with Gasteiger partial charge in [-0.1, -0.05) is 6.92 Å². The van der Waals surface area contributed by atoms with Crippen molar-refractivity contribution >= 4 is 5.69 Å². The highest BCUT2D eigenvalue weighted by Gasteiger charge is 2.26. The molecule has 14 heavy (non-hydrogen) atoms. The molecule has 0 aliphatic heterocycles. The maximum Gasteiger partial charge on any atom is 0.119 e. The van der Waals surface area contributed by atoms with Crippen LogP contribution in [0.1, 0.15) is 19.8 Å². The van der Waals surface area contributed by atoms with E-state index >= 15 is 0 Å². The molecule has 76 valence electrons. The van der Waals surface area contributed by atoms with E-state index in [-0.39, 0.29) is 0 Å². The van der Waals surface area contributed by atoms with Crippen LogP contribution >= 0.6 is 0 Å². The third-order valence-corrected chi connectivity index (χ3v) is 3.14. The maximum absolute atomic E-state index is 5.68. The summed E-state index contributed by atoms with van der Waals surface area (Å²) in [6, 6.07) is 7.61. The molecule has 1 aliphatic rings. The van der Waals surface area contributed by atoms with E-state index in [4.69, 9.17) is 10.5 Å². The van der Waals surface area contributed by atoms with Gasteiger partial charge in [0.25, 0.3) is 0 Å². The molecule has 0 radical (unpaired) electrons. The van der Waals surface area contributed by atoms with Gasteiger partial charge in [-0.25, -0.2) is 0 Å². The highest BCUT2D eigenvalue weighted by molar-refractivity contribution is 5.41. The first-order valence-corrected chi connectivity index (χ1v) is 5.24. The normalized spacial score (nSPS) is 25.5. The van der Waals surface area contributed by atoms with Crippen molar-refractivity contribution in [3.63, 3.8) is 0 Å². The van der Waals surface area contributed by atoms with Crippen molar-refractivity contribution in [1.82, 2.24) is 0 Å². The third kappa shape index (κ3) is 2.00. The second-order valence-electron chi connectivity index (χ2n) is 4.19. The molecule has 1 aromatic carbocycles. The molecule has 0 spiro atoms. The van der Waals surface area contributed by atoms with Crippen LogP contribution in [0.5, 0.6) is 5.75 Å². The Bertz CT molecular complexity index is 294. The molecular weight excluding hydrogens is 174 g/mol. The summed E-state index contributed by atoms with van der Waals surface area (Å²) in [7, 11) is 0. The molecule has 2 rings (SSSR count). The van der Waals surface area contributed by atoms with Crippen LogP contribution in [-0.2, 0) is 0 Å². The van der Waals surface area contributed by atoms with Crippen LogP contribution in [0.15, 0.2) is 24.3 Å². The summed E-state index contributed by atoms with van der Waals surface area (Å²) in [5.41, 5.74) is 6.37. The third-order valence-electron chi connectivity index (χ3n) is 3.14. The van der Waals surface area contributed by atoms with Gasteiger partial charge >= 0.3 is 0 Å². The molecule has 0 unspecified atom stereocenters. The summed E-state index contributed by atoms with van der Waals surface area (Å²) in [4.78, 5) is 0. The summed E-state index contributed by atoms with van der Waals surface area (Å²) in [6.45, 7) is 3.14. The molecule has 0 aromatic heterocycles. The largest absolute Gasteiger partial charge is 0.493 e. The number of nitrogens with two attached hydrogens (primary N) is 1. The van der Waals surface area contributed by atoms with Crippen LogP contribution in [0.25, 0.3) is 0 Å². The minimum Gasteiger partial charge on any atom is -0.493 e. The van der Waals surface area contributed by atoms with Crippen LogP contribution in [0.4, 0.5) is 5.69 Å². The highest BCUT2D eigenvalue weighted by atomic mass is 16.5. The molecule has 1 aromatic rings. The fourth-order valence-electron chi connectivity index (χ4n) is 1.75. The van der Waals surface area contributed by atoms with Gasteiger partial charge in [0.05, 0.1) is 6.61 Å². The average molecular weight is 191 g/mol.